The molecule has 0 atom stereocenters. The number of carbonyl (C=O) groups excluding carboxylic acids is 1. The lowest BCUT2D eigenvalue weighted by atomic mass is 10.2. The molecule has 1 heterocycles. The van der Waals surface area contributed by atoms with E-state index in [0.717, 1.165) is 5.56 Å². The lowest BCUT2D eigenvalue weighted by Crippen LogP contribution is -2.25. The van der Waals surface area contributed by atoms with Crippen molar-refractivity contribution in [2.24, 2.45) is 0 Å². The predicted molar refractivity (Wildman–Crippen MR) is 66.6 cm³/mol. The van der Waals surface area contributed by atoms with Gasteiger partial charge in [-0.25, -0.2) is 0 Å². The van der Waals surface area contributed by atoms with Gasteiger partial charge in [0.25, 0.3) is 5.91 Å². The summed E-state index contributed by atoms with van der Waals surface area (Å²) in [7, 11) is 1.83. The summed E-state index contributed by atoms with van der Waals surface area (Å²) in [6.07, 6.45) is 0. The van der Waals surface area contributed by atoms with Crippen LogP contribution in [-0.4, -0.2) is 17.9 Å². The molecule has 2 nitrogen and oxygen atoms in total. The van der Waals surface area contributed by atoms with Gasteiger partial charge < -0.3 is 4.90 Å². The Hall–Kier alpha value is -1.61. The van der Waals surface area contributed by atoms with Crippen molar-refractivity contribution in [1.82, 2.24) is 4.90 Å². The number of hydrogen-bond acceptors (Lipinski definition) is 2. The van der Waals surface area contributed by atoms with E-state index in [1.165, 1.54) is 5.56 Å². The Morgan fingerprint density at radius 1 is 1.25 bits per heavy atom. The van der Waals surface area contributed by atoms with Crippen LogP contribution in [0.3, 0.4) is 0 Å². The summed E-state index contributed by atoms with van der Waals surface area (Å²) in [4.78, 5) is 13.7. The average molecular weight is 231 g/mol. The van der Waals surface area contributed by atoms with Gasteiger partial charge in [0.1, 0.15) is 0 Å². The molecule has 0 fully saturated rings. The van der Waals surface area contributed by atoms with Crippen LogP contribution in [0.15, 0.2) is 47.2 Å². The molecular weight excluding hydrogens is 218 g/mol. The van der Waals surface area contributed by atoms with Gasteiger partial charge in [0.2, 0.25) is 0 Å². The van der Waals surface area contributed by atoms with Crippen molar-refractivity contribution in [1.29, 1.82) is 0 Å². The van der Waals surface area contributed by atoms with Crippen molar-refractivity contribution < 1.29 is 4.79 Å². The molecule has 1 amide bonds. The van der Waals surface area contributed by atoms with Crippen LogP contribution in [0.5, 0.6) is 0 Å². The number of benzene rings is 1. The molecular formula is C13H13NOS. The minimum atomic E-state index is 0.0619. The molecule has 0 saturated heterocycles. The molecule has 3 heteroatoms. The van der Waals surface area contributed by atoms with Crippen LogP contribution in [0.4, 0.5) is 0 Å². The van der Waals surface area contributed by atoms with Crippen LogP contribution in [0.2, 0.25) is 0 Å². The summed E-state index contributed by atoms with van der Waals surface area (Å²) < 4.78 is 0. The zero-order valence-electron chi connectivity index (χ0n) is 9.09. The number of hydrogen-bond donors (Lipinski definition) is 0. The summed E-state index contributed by atoms with van der Waals surface area (Å²) in [5.41, 5.74) is 1.91. The van der Waals surface area contributed by atoms with E-state index in [-0.39, 0.29) is 5.91 Å². The van der Waals surface area contributed by atoms with Crippen molar-refractivity contribution in [2.75, 3.05) is 7.05 Å². The van der Waals surface area contributed by atoms with Gasteiger partial charge in [0.05, 0.1) is 0 Å². The molecule has 2 rings (SSSR count). The monoisotopic (exact) mass is 231 g/mol. The summed E-state index contributed by atoms with van der Waals surface area (Å²) >= 11 is 1.65. The third kappa shape index (κ3) is 2.49. The molecule has 82 valence electrons. The van der Waals surface area contributed by atoms with E-state index in [1.54, 1.807) is 16.2 Å². The summed E-state index contributed by atoms with van der Waals surface area (Å²) in [6.45, 7) is 0.664. The summed E-state index contributed by atoms with van der Waals surface area (Å²) in [5, 5.41) is 4.09. The van der Waals surface area contributed by atoms with Gasteiger partial charge in [-0.05, 0) is 34.5 Å². The minimum absolute atomic E-state index is 0.0619. The molecule has 0 spiro atoms. The van der Waals surface area contributed by atoms with Gasteiger partial charge in [0.15, 0.2) is 0 Å². The number of amides is 1. The van der Waals surface area contributed by atoms with Gasteiger partial charge in [-0.1, -0.05) is 18.2 Å². The fraction of sp³-hybridized carbons (Fsp3) is 0.154. The lowest BCUT2D eigenvalue weighted by Gasteiger charge is -2.16. The van der Waals surface area contributed by atoms with Gasteiger partial charge >= 0.3 is 0 Å². The second-order valence-corrected chi connectivity index (χ2v) is 4.44. The molecule has 1 aromatic heterocycles. The number of nitrogens with zero attached hydrogens (tertiary/aromatic N) is 1. The molecule has 2 aromatic rings. The van der Waals surface area contributed by atoms with Gasteiger partial charge in [-0.2, -0.15) is 11.3 Å². The molecule has 0 unspecified atom stereocenters. The second-order valence-electron chi connectivity index (χ2n) is 3.66. The van der Waals surface area contributed by atoms with Gasteiger partial charge in [-0.15, -0.1) is 0 Å². The molecule has 0 aliphatic carbocycles. The van der Waals surface area contributed by atoms with Gasteiger partial charge in [0, 0.05) is 19.2 Å². The molecule has 0 N–H and O–H groups in total. The molecule has 16 heavy (non-hydrogen) atoms. The number of thiophene rings is 1. The highest BCUT2D eigenvalue weighted by molar-refractivity contribution is 7.07. The normalized spacial score (nSPS) is 10.1. The fourth-order valence-corrected chi connectivity index (χ4v) is 2.19. The third-order valence-corrected chi connectivity index (χ3v) is 3.10. The Morgan fingerprint density at radius 2 is 2.00 bits per heavy atom. The van der Waals surface area contributed by atoms with E-state index in [4.69, 9.17) is 0 Å². The van der Waals surface area contributed by atoms with Gasteiger partial charge in [-0.3, -0.25) is 4.79 Å². The van der Waals surface area contributed by atoms with Crippen molar-refractivity contribution in [3.63, 3.8) is 0 Å². The highest BCUT2D eigenvalue weighted by Crippen LogP contribution is 2.10. The van der Waals surface area contributed by atoms with E-state index in [0.29, 0.717) is 6.54 Å². The molecule has 0 saturated carbocycles. The Labute approximate surface area is 99.1 Å². The second kappa shape index (κ2) is 4.94. The first-order chi connectivity index (χ1) is 7.77. The highest BCUT2D eigenvalue weighted by atomic mass is 32.1. The first kappa shape index (κ1) is 10.9. The van der Waals surface area contributed by atoms with Crippen molar-refractivity contribution in [3.8, 4) is 0 Å². The maximum atomic E-state index is 12.0. The average Bonchev–Trinajstić information content (AvgIpc) is 2.82. The standard InChI is InChI=1S/C13H13NOS/c1-14(9-11-7-8-16-10-11)13(15)12-5-3-2-4-6-12/h2-8,10H,9H2,1H3. The van der Waals surface area contributed by atoms with Crippen LogP contribution >= 0.6 is 11.3 Å². The summed E-state index contributed by atoms with van der Waals surface area (Å²) in [5.74, 6) is 0.0619. The van der Waals surface area contributed by atoms with Crippen LogP contribution in [0, 0.1) is 0 Å². The smallest absolute Gasteiger partial charge is 0.253 e. The first-order valence-electron chi connectivity index (χ1n) is 5.09. The lowest BCUT2D eigenvalue weighted by molar-refractivity contribution is 0.0785. The van der Waals surface area contributed by atoms with E-state index in [1.807, 2.05) is 48.8 Å². The zero-order valence-corrected chi connectivity index (χ0v) is 9.91. The van der Waals surface area contributed by atoms with E-state index in [2.05, 4.69) is 5.38 Å². The van der Waals surface area contributed by atoms with E-state index >= 15 is 0 Å². The Bertz CT molecular complexity index is 450. The largest absolute Gasteiger partial charge is 0.337 e. The predicted octanol–water partition coefficient (Wildman–Crippen LogP) is 3.02. The fourth-order valence-electron chi connectivity index (χ4n) is 1.53. The first-order valence-corrected chi connectivity index (χ1v) is 6.03. The van der Waals surface area contributed by atoms with Crippen LogP contribution < -0.4 is 0 Å². The quantitative estimate of drug-likeness (QED) is 0.795. The highest BCUT2D eigenvalue weighted by Gasteiger charge is 2.11. The maximum Gasteiger partial charge on any atom is 0.253 e. The number of carbonyl (C=O) groups is 1. The Kier molecular flexibility index (Phi) is 3.37. The van der Waals surface area contributed by atoms with Crippen LogP contribution in [0.1, 0.15) is 15.9 Å². The number of rotatable bonds is 3. The van der Waals surface area contributed by atoms with E-state index < -0.39 is 0 Å². The molecule has 1 aromatic carbocycles. The molecule has 0 aliphatic rings. The van der Waals surface area contributed by atoms with Crippen molar-refractivity contribution in [2.45, 2.75) is 6.54 Å². The Balaban J connectivity index is 2.05. The molecule has 0 radical (unpaired) electrons. The molecule has 0 aliphatic heterocycles. The SMILES string of the molecule is CN(Cc1ccsc1)C(=O)c1ccccc1. The Morgan fingerprint density at radius 3 is 2.62 bits per heavy atom. The topological polar surface area (TPSA) is 20.3 Å². The minimum Gasteiger partial charge on any atom is -0.337 e. The van der Waals surface area contributed by atoms with Crippen LogP contribution in [0.25, 0.3) is 0 Å². The van der Waals surface area contributed by atoms with Crippen molar-refractivity contribution >= 4 is 17.2 Å². The van der Waals surface area contributed by atoms with Crippen molar-refractivity contribution in [3.05, 3.63) is 58.3 Å². The van der Waals surface area contributed by atoms with E-state index in [9.17, 15) is 4.79 Å². The third-order valence-electron chi connectivity index (χ3n) is 2.37. The zero-order chi connectivity index (χ0) is 11.4. The summed E-state index contributed by atoms with van der Waals surface area (Å²) in [6, 6.07) is 11.4. The maximum absolute atomic E-state index is 12.0. The molecule has 0 bridgehead atoms. The van der Waals surface area contributed by atoms with Crippen LogP contribution in [-0.2, 0) is 6.54 Å².